The Morgan fingerprint density at radius 3 is 2.79 bits per heavy atom. The first-order chi connectivity index (χ1) is 16.6. The van der Waals surface area contributed by atoms with Crippen molar-refractivity contribution in [3.8, 4) is 0 Å². The van der Waals surface area contributed by atoms with Crippen molar-refractivity contribution in [2.45, 2.75) is 37.3 Å². The Hall–Kier alpha value is -2.53. The second-order valence-corrected chi connectivity index (χ2v) is 10.5. The first-order valence-electron chi connectivity index (χ1n) is 11.6. The number of carbonyl (C=O) groups is 2. The SMILES string of the molecule is O=C1CCC(N2Cc3cc(CN4CCN(c5ncnc6ccsc56)CC4)ccc3C2S)C(=O)N1. The van der Waals surface area contributed by atoms with E-state index in [1.165, 1.54) is 11.1 Å². The van der Waals surface area contributed by atoms with Gasteiger partial charge < -0.3 is 4.90 Å². The van der Waals surface area contributed by atoms with Gasteiger partial charge in [-0.25, -0.2) is 9.97 Å². The molecule has 10 heteroatoms. The molecule has 2 unspecified atom stereocenters. The van der Waals surface area contributed by atoms with Crippen LogP contribution in [0.3, 0.4) is 0 Å². The van der Waals surface area contributed by atoms with E-state index in [-0.39, 0.29) is 23.2 Å². The van der Waals surface area contributed by atoms with E-state index in [0.717, 1.165) is 54.3 Å². The maximum atomic E-state index is 12.4. The normalized spacial score (nSPS) is 24.0. The largest absolute Gasteiger partial charge is 0.353 e. The Morgan fingerprint density at radius 1 is 1.12 bits per heavy atom. The molecule has 176 valence electrons. The number of piperidine rings is 1. The molecule has 0 bridgehead atoms. The highest BCUT2D eigenvalue weighted by Gasteiger charge is 2.39. The Bertz CT molecular complexity index is 1260. The van der Waals surface area contributed by atoms with E-state index in [9.17, 15) is 9.59 Å². The Morgan fingerprint density at radius 2 is 1.97 bits per heavy atom. The maximum absolute atomic E-state index is 12.4. The molecule has 2 fully saturated rings. The van der Waals surface area contributed by atoms with Crippen LogP contribution in [0, 0.1) is 0 Å². The van der Waals surface area contributed by atoms with Crippen molar-refractivity contribution in [3.63, 3.8) is 0 Å². The molecule has 2 aromatic heterocycles. The number of hydrogen-bond donors (Lipinski definition) is 2. The van der Waals surface area contributed by atoms with E-state index in [1.54, 1.807) is 17.7 Å². The Kier molecular flexibility index (Phi) is 5.76. The molecule has 6 rings (SSSR count). The summed E-state index contributed by atoms with van der Waals surface area (Å²) in [4.78, 5) is 39.8. The lowest BCUT2D eigenvalue weighted by molar-refractivity contribution is -0.137. The van der Waals surface area contributed by atoms with Gasteiger partial charge in [0.2, 0.25) is 11.8 Å². The molecule has 1 N–H and O–H groups in total. The number of anilines is 1. The minimum atomic E-state index is -0.305. The van der Waals surface area contributed by atoms with Crippen molar-refractivity contribution in [2.24, 2.45) is 0 Å². The van der Waals surface area contributed by atoms with Crippen molar-refractivity contribution in [1.82, 2.24) is 25.1 Å². The van der Waals surface area contributed by atoms with Crippen molar-refractivity contribution >= 4 is 51.8 Å². The summed E-state index contributed by atoms with van der Waals surface area (Å²) in [6.45, 7) is 5.42. The summed E-state index contributed by atoms with van der Waals surface area (Å²) >= 11 is 6.51. The first kappa shape index (κ1) is 22.0. The van der Waals surface area contributed by atoms with Gasteiger partial charge in [-0.1, -0.05) is 18.2 Å². The van der Waals surface area contributed by atoms with E-state index in [4.69, 9.17) is 12.6 Å². The summed E-state index contributed by atoms with van der Waals surface area (Å²) < 4.78 is 1.16. The van der Waals surface area contributed by atoms with Gasteiger partial charge in [-0.2, -0.15) is 12.6 Å². The smallest absolute Gasteiger partial charge is 0.243 e. The zero-order valence-electron chi connectivity index (χ0n) is 18.7. The van der Waals surface area contributed by atoms with Crippen LogP contribution in [0.25, 0.3) is 10.2 Å². The van der Waals surface area contributed by atoms with Crippen molar-refractivity contribution in [1.29, 1.82) is 0 Å². The molecule has 2 saturated heterocycles. The monoisotopic (exact) mass is 494 g/mol. The van der Waals surface area contributed by atoms with Gasteiger partial charge in [0.05, 0.1) is 21.6 Å². The number of nitrogens with one attached hydrogen (secondary N) is 1. The van der Waals surface area contributed by atoms with Gasteiger partial charge in [-0.05, 0) is 34.6 Å². The van der Waals surface area contributed by atoms with E-state index < -0.39 is 0 Å². The minimum Gasteiger partial charge on any atom is -0.353 e. The fraction of sp³-hybridized carbons (Fsp3) is 0.417. The molecule has 3 aliphatic heterocycles. The molecule has 3 aromatic rings. The second kappa shape index (κ2) is 8.92. The van der Waals surface area contributed by atoms with Crippen LogP contribution >= 0.6 is 24.0 Å². The van der Waals surface area contributed by atoms with Crippen LogP contribution in [0.4, 0.5) is 5.82 Å². The van der Waals surface area contributed by atoms with Crippen molar-refractivity contribution in [3.05, 3.63) is 52.7 Å². The van der Waals surface area contributed by atoms with Crippen LogP contribution in [0.2, 0.25) is 0 Å². The lowest BCUT2D eigenvalue weighted by Crippen LogP contribution is -2.51. The van der Waals surface area contributed by atoms with Gasteiger partial charge in [-0.3, -0.25) is 24.7 Å². The third kappa shape index (κ3) is 3.98. The fourth-order valence-electron chi connectivity index (χ4n) is 5.26. The molecular weight excluding hydrogens is 468 g/mol. The van der Waals surface area contributed by atoms with Gasteiger partial charge in [-0.15, -0.1) is 11.3 Å². The van der Waals surface area contributed by atoms with Gasteiger partial charge in [0.15, 0.2) is 0 Å². The highest BCUT2D eigenvalue weighted by Crippen LogP contribution is 2.39. The van der Waals surface area contributed by atoms with Gasteiger partial charge >= 0.3 is 0 Å². The molecule has 2 atom stereocenters. The minimum absolute atomic E-state index is 0.126. The molecular formula is C24H26N6O2S2. The summed E-state index contributed by atoms with van der Waals surface area (Å²) in [5, 5.41) is 4.42. The molecule has 0 saturated carbocycles. The molecule has 2 amide bonds. The van der Waals surface area contributed by atoms with Crippen molar-refractivity contribution in [2.75, 3.05) is 31.1 Å². The summed E-state index contributed by atoms with van der Waals surface area (Å²) in [5.41, 5.74) is 4.68. The zero-order valence-corrected chi connectivity index (χ0v) is 20.4. The predicted molar refractivity (Wildman–Crippen MR) is 135 cm³/mol. The molecule has 1 aromatic carbocycles. The maximum Gasteiger partial charge on any atom is 0.243 e. The quantitative estimate of drug-likeness (QED) is 0.426. The summed E-state index contributed by atoms with van der Waals surface area (Å²) in [6, 6.07) is 8.34. The lowest BCUT2D eigenvalue weighted by Gasteiger charge is -2.35. The molecule has 0 spiro atoms. The van der Waals surface area contributed by atoms with Gasteiger partial charge in [0.1, 0.15) is 12.1 Å². The third-order valence-electron chi connectivity index (χ3n) is 7.07. The van der Waals surface area contributed by atoms with Gasteiger partial charge in [0.25, 0.3) is 0 Å². The standard InChI is InChI=1S/C24H26N6O2S2/c31-20-4-3-19(23(32)27-20)30-13-16-11-15(1-2-17(16)24(30)33)12-28-6-8-29(9-7-28)22-21-18(5-10-34-21)25-14-26-22/h1-2,5,10-11,14,19,24,33H,3-4,6-9,12-13H2,(H,27,31,32). The first-order valence-corrected chi connectivity index (χ1v) is 13.0. The molecule has 5 heterocycles. The number of piperazine rings is 1. The molecule has 0 aliphatic carbocycles. The van der Waals surface area contributed by atoms with Crippen LogP contribution in [-0.2, 0) is 22.7 Å². The third-order valence-corrected chi connectivity index (χ3v) is 8.54. The summed E-state index contributed by atoms with van der Waals surface area (Å²) in [6.07, 6.45) is 2.60. The van der Waals surface area contributed by atoms with Crippen LogP contribution < -0.4 is 10.2 Å². The Balaban J connectivity index is 1.10. The number of nitrogens with zero attached hydrogens (tertiary/aromatic N) is 5. The number of aromatic nitrogens is 2. The molecule has 34 heavy (non-hydrogen) atoms. The molecule has 0 radical (unpaired) electrons. The average Bonchev–Trinajstić information content (AvgIpc) is 3.44. The lowest BCUT2D eigenvalue weighted by atomic mass is 10.0. The number of rotatable bonds is 4. The number of benzene rings is 1. The fourth-order valence-corrected chi connectivity index (χ4v) is 6.62. The second-order valence-electron chi connectivity index (χ2n) is 9.14. The van der Waals surface area contributed by atoms with Gasteiger partial charge in [0, 0.05) is 45.7 Å². The number of fused-ring (bicyclic) bond motifs is 2. The van der Waals surface area contributed by atoms with E-state index in [1.807, 2.05) is 6.07 Å². The van der Waals surface area contributed by atoms with Crippen molar-refractivity contribution < 1.29 is 9.59 Å². The number of thiol groups is 1. The number of carbonyl (C=O) groups excluding carboxylic acids is 2. The zero-order chi connectivity index (χ0) is 23.2. The van der Waals surface area contributed by atoms with Crippen LogP contribution in [0.1, 0.15) is 34.9 Å². The van der Waals surface area contributed by atoms with Crippen LogP contribution in [0.15, 0.2) is 36.0 Å². The topological polar surface area (TPSA) is 81.7 Å². The van der Waals surface area contributed by atoms with Crippen LogP contribution in [-0.4, -0.2) is 63.8 Å². The number of imide groups is 1. The number of hydrogen-bond acceptors (Lipinski definition) is 9. The average molecular weight is 495 g/mol. The highest BCUT2D eigenvalue weighted by molar-refractivity contribution is 7.80. The highest BCUT2D eigenvalue weighted by atomic mass is 32.1. The predicted octanol–water partition coefficient (Wildman–Crippen LogP) is 2.56. The summed E-state index contributed by atoms with van der Waals surface area (Å²) in [5.74, 6) is 0.658. The summed E-state index contributed by atoms with van der Waals surface area (Å²) in [7, 11) is 0. The molecule has 3 aliphatic rings. The van der Waals surface area contributed by atoms with E-state index >= 15 is 0 Å². The van der Waals surface area contributed by atoms with E-state index in [2.05, 4.69) is 53.6 Å². The van der Waals surface area contributed by atoms with Crippen LogP contribution in [0.5, 0.6) is 0 Å². The Labute approximate surface area is 207 Å². The number of amides is 2. The van der Waals surface area contributed by atoms with E-state index in [0.29, 0.717) is 19.4 Å². The molecule has 8 nitrogen and oxygen atoms in total. The number of thiophene rings is 1.